The molecule has 1 saturated carbocycles. The SMILES string of the molecule is CC1=CCCC2C1(C)CCC(C)C2(C)CC1=CC(=O)C(NCC(C)C)=CC1=O. The van der Waals surface area contributed by atoms with Gasteiger partial charge in [-0.05, 0) is 73.7 Å². The van der Waals surface area contributed by atoms with Gasteiger partial charge in [-0.25, -0.2) is 0 Å². The number of nitrogens with one attached hydrogen (secondary N) is 1. The van der Waals surface area contributed by atoms with Crippen molar-refractivity contribution in [3.8, 4) is 0 Å². The summed E-state index contributed by atoms with van der Waals surface area (Å²) >= 11 is 0. The summed E-state index contributed by atoms with van der Waals surface area (Å²) in [6, 6.07) is 0. The van der Waals surface area contributed by atoms with Gasteiger partial charge in [0.2, 0.25) is 5.78 Å². The van der Waals surface area contributed by atoms with Crippen LogP contribution in [0.1, 0.15) is 73.6 Å². The zero-order valence-corrected chi connectivity index (χ0v) is 18.5. The molecule has 3 heteroatoms. The second-order valence-electron chi connectivity index (χ2n) is 10.3. The molecule has 0 aromatic carbocycles. The van der Waals surface area contributed by atoms with Crippen LogP contribution in [0.5, 0.6) is 0 Å². The summed E-state index contributed by atoms with van der Waals surface area (Å²) in [6.07, 6.45) is 11.0. The summed E-state index contributed by atoms with van der Waals surface area (Å²) in [5, 5.41) is 3.14. The summed E-state index contributed by atoms with van der Waals surface area (Å²) in [5.74, 6) is 1.49. The Labute approximate surface area is 170 Å². The standard InChI is InChI=1S/C25H37NO2/c1-16(2)15-26-20-13-21(27)19(12-22(20)28)14-25(6)18(4)10-11-24(5)17(3)8-7-9-23(24)25/h8,12-13,16,18,23,26H,7,9-11,14-15H2,1-6H3. The minimum Gasteiger partial charge on any atom is -0.382 e. The maximum atomic E-state index is 12.9. The molecule has 4 atom stereocenters. The lowest BCUT2D eigenvalue weighted by atomic mass is 9.46. The molecule has 0 radical (unpaired) electrons. The van der Waals surface area contributed by atoms with E-state index in [1.165, 1.54) is 30.9 Å². The van der Waals surface area contributed by atoms with Crippen molar-refractivity contribution in [2.75, 3.05) is 6.54 Å². The van der Waals surface area contributed by atoms with Crippen molar-refractivity contribution in [2.24, 2.45) is 28.6 Å². The number of hydrogen-bond acceptors (Lipinski definition) is 3. The van der Waals surface area contributed by atoms with Crippen LogP contribution in [0.3, 0.4) is 0 Å². The number of carbonyl (C=O) groups is 2. The molecule has 1 N–H and O–H groups in total. The van der Waals surface area contributed by atoms with Crippen LogP contribution in [0.25, 0.3) is 0 Å². The molecule has 3 aliphatic carbocycles. The third-order valence-electron chi connectivity index (χ3n) is 8.03. The van der Waals surface area contributed by atoms with Gasteiger partial charge in [0.1, 0.15) is 0 Å². The van der Waals surface area contributed by atoms with Crippen LogP contribution < -0.4 is 5.32 Å². The topological polar surface area (TPSA) is 46.2 Å². The maximum Gasteiger partial charge on any atom is 0.202 e. The summed E-state index contributed by atoms with van der Waals surface area (Å²) in [5.41, 5.74) is 2.93. The first-order valence-corrected chi connectivity index (χ1v) is 11.0. The molecule has 0 heterocycles. The molecule has 154 valence electrons. The maximum absolute atomic E-state index is 12.9. The molecule has 1 fully saturated rings. The van der Waals surface area contributed by atoms with E-state index >= 15 is 0 Å². The summed E-state index contributed by atoms with van der Waals surface area (Å²) in [4.78, 5) is 25.5. The first kappa shape index (κ1) is 21.1. The number of allylic oxidation sites excluding steroid dienone is 5. The molecule has 0 bridgehead atoms. The number of hydrogen-bond donors (Lipinski definition) is 1. The van der Waals surface area contributed by atoms with Crippen LogP contribution in [-0.2, 0) is 9.59 Å². The third-order valence-corrected chi connectivity index (χ3v) is 8.03. The van der Waals surface area contributed by atoms with Gasteiger partial charge in [-0.3, -0.25) is 9.59 Å². The highest BCUT2D eigenvalue weighted by Crippen LogP contribution is 2.62. The van der Waals surface area contributed by atoms with E-state index < -0.39 is 0 Å². The molecule has 4 unspecified atom stereocenters. The van der Waals surface area contributed by atoms with Crippen molar-refractivity contribution in [3.63, 3.8) is 0 Å². The second-order valence-corrected chi connectivity index (χ2v) is 10.3. The molecule has 0 spiro atoms. The molecule has 0 aliphatic heterocycles. The fourth-order valence-corrected chi connectivity index (χ4v) is 5.81. The quantitative estimate of drug-likeness (QED) is 0.512. The molecule has 0 amide bonds. The molecule has 3 nitrogen and oxygen atoms in total. The van der Waals surface area contributed by atoms with Gasteiger partial charge in [-0.2, -0.15) is 0 Å². The van der Waals surface area contributed by atoms with E-state index in [2.05, 4.69) is 52.9 Å². The summed E-state index contributed by atoms with van der Waals surface area (Å²) in [6.45, 7) is 14.3. The van der Waals surface area contributed by atoms with E-state index in [9.17, 15) is 9.59 Å². The van der Waals surface area contributed by atoms with Gasteiger partial charge < -0.3 is 5.32 Å². The van der Waals surface area contributed by atoms with Crippen molar-refractivity contribution in [2.45, 2.75) is 73.6 Å². The van der Waals surface area contributed by atoms with Gasteiger partial charge in [0.05, 0.1) is 5.70 Å². The lowest BCUT2D eigenvalue weighted by Gasteiger charge is -2.58. The number of carbonyl (C=O) groups excluding carboxylic acids is 2. The molecular weight excluding hydrogens is 346 g/mol. The number of rotatable bonds is 5. The molecule has 0 aromatic heterocycles. The fourth-order valence-electron chi connectivity index (χ4n) is 5.81. The van der Waals surface area contributed by atoms with E-state index in [-0.39, 0.29) is 22.4 Å². The van der Waals surface area contributed by atoms with Crippen molar-refractivity contribution in [1.29, 1.82) is 0 Å². The average molecular weight is 384 g/mol. The first-order valence-electron chi connectivity index (χ1n) is 11.0. The normalized spacial score (nSPS) is 35.9. The molecule has 0 saturated heterocycles. The van der Waals surface area contributed by atoms with E-state index in [1.54, 1.807) is 6.08 Å². The van der Waals surface area contributed by atoms with Crippen LogP contribution in [0, 0.1) is 28.6 Å². The lowest BCUT2D eigenvalue weighted by Crippen LogP contribution is -2.50. The van der Waals surface area contributed by atoms with Crippen LogP contribution >= 0.6 is 0 Å². The zero-order chi connectivity index (χ0) is 20.7. The highest BCUT2D eigenvalue weighted by Gasteiger charge is 2.53. The average Bonchev–Trinajstić information content (AvgIpc) is 2.62. The Balaban J connectivity index is 1.84. The third kappa shape index (κ3) is 3.65. The molecule has 3 aliphatic rings. The molecule has 28 heavy (non-hydrogen) atoms. The smallest absolute Gasteiger partial charge is 0.202 e. The highest BCUT2D eigenvalue weighted by atomic mass is 16.1. The minimum absolute atomic E-state index is 0.00892. The van der Waals surface area contributed by atoms with Crippen LogP contribution in [-0.4, -0.2) is 18.1 Å². The van der Waals surface area contributed by atoms with Gasteiger partial charge in [0, 0.05) is 18.2 Å². The molecule has 3 rings (SSSR count). The van der Waals surface area contributed by atoms with E-state index in [0.717, 1.165) is 6.42 Å². The Morgan fingerprint density at radius 1 is 1.14 bits per heavy atom. The summed E-state index contributed by atoms with van der Waals surface area (Å²) in [7, 11) is 0. The van der Waals surface area contributed by atoms with Gasteiger partial charge in [-0.15, -0.1) is 0 Å². The van der Waals surface area contributed by atoms with Crippen LogP contribution in [0.15, 0.2) is 35.1 Å². The monoisotopic (exact) mass is 383 g/mol. The Bertz CT molecular complexity index is 757. The Hall–Kier alpha value is -1.64. The predicted octanol–water partition coefficient (Wildman–Crippen LogP) is 5.38. The number of ketones is 2. The Morgan fingerprint density at radius 2 is 1.86 bits per heavy atom. The van der Waals surface area contributed by atoms with Crippen molar-refractivity contribution in [1.82, 2.24) is 5.32 Å². The zero-order valence-electron chi connectivity index (χ0n) is 18.5. The van der Waals surface area contributed by atoms with Gasteiger partial charge in [0.15, 0.2) is 5.78 Å². The predicted molar refractivity (Wildman–Crippen MR) is 115 cm³/mol. The van der Waals surface area contributed by atoms with Gasteiger partial charge in [-0.1, -0.05) is 46.3 Å². The fraction of sp³-hybridized carbons (Fsp3) is 0.680. The van der Waals surface area contributed by atoms with Crippen LogP contribution in [0.2, 0.25) is 0 Å². The minimum atomic E-state index is -0.0511. The van der Waals surface area contributed by atoms with E-state index in [0.29, 0.717) is 42.0 Å². The summed E-state index contributed by atoms with van der Waals surface area (Å²) < 4.78 is 0. The molecule has 0 aromatic rings. The van der Waals surface area contributed by atoms with Crippen molar-refractivity contribution in [3.05, 3.63) is 35.1 Å². The van der Waals surface area contributed by atoms with Crippen LogP contribution in [0.4, 0.5) is 0 Å². The van der Waals surface area contributed by atoms with E-state index in [4.69, 9.17) is 0 Å². The first-order chi connectivity index (χ1) is 13.1. The highest BCUT2D eigenvalue weighted by molar-refractivity contribution is 6.19. The second kappa shape index (κ2) is 7.65. The van der Waals surface area contributed by atoms with E-state index in [1.807, 2.05) is 0 Å². The largest absolute Gasteiger partial charge is 0.382 e. The van der Waals surface area contributed by atoms with Gasteiger partial charge in [0.25, 0.3) is 0 Å². The Kier molecular flexibility index (Phi) is 5.76. The lowest BCUT2D eigenvalue weighted by molar-refractivity contribution is -0.116. The Morgan fingerprint density at radius 3 is 2.54 bits per heavy atom. The number of fused-ring (bicyclic) bond motifs is 1. The molecular formula is C25H37NO2. The van der Waals surface area contributed by atoms with Crippen molar-refractivity contribution >= 4 is 11.6 Å². The van der Waals surface area contributed by atoms with Gasteiger partial charge >= 0.3 is 0 Å². The van der Waals surface area contributed by atoms with Crippen molar-refractivity contribution < 1.29 is 9.59 Å².